The van der Waals surface area contributed by atoms with Gasteiger partial charge in [0.15, 0.2) is 9.84 Å². The summed E-state index contributed by atoms with van der Waals surface area (Å²) in [5.74, 6) is 0.180. The molecule has 0 bridgehead atoms. The fourth-order valence-corrected chi connectivity index (χ4v) is 4.05. The Kier molecular flexibility index (Phi) is 4.08. The van der Waals surface area contributed by atoms with Crippen LogP contribution in [0.2, 0.25) is 0 Å². The van der Waals surface area contributed by atoms with Gasteiger partial charge in [0.2, 0.25) is 0 Å². The summed E-state index contributed by atoms with van der Waals surface area (Å²) in [6, 6.07) is 17.1. The van der Waals surface area contributed by atoms with Gasteiger partial charge < -0.3 is 0 Å². The topological polar surface area (TPSA) is 37.4 Å². The van der Waals surface area contributed by atoms with Gasteiger partial charge in [-0.2, -0.15) is 0 Å². The van der Waals surface area contributed by atoms with Crippen molar-refractivity contribution in [2.24, 2.45) is 0 Å². The Hall–Kier alpha value is -1.65. The summed E-state index contributed by atoms with van der Waals surface area (Å²) in [4.78, 5) is 2.64. The van der Waals surface area contributed by atoms with E-state index in [0.717, 1.165) is 19.5 Å². The predicted octanol–water partition coefficient (Wildman–Crippen LogP) is 2.52. The van der Waals surface area contributed by atoms with E-state index in [-0.39, 0.29) is 5.75 Å². The van der Waals surface area contributed by atoms with Crippen LogP contribution in [0.3, 0.4) is 0 Å². The van der Waals surface area contributed by atoms with E-state index in [1.165, 1.54) is 11.1 Å². The van der Waals surface area contributed by atoms with Crippen LogP contribution in [0, 0.1) is 0 Å². The fourth-order valence-electron chi connectivity index (χ4n) is 2.74. The highest BCUT2D eigenvalue weighted by atomic mass is 32.2. The number of nitrogens with zero attached hydrogens (tertiary/aromatic N) is 1. The molecular weight excluding hydrogens is 282 g/mol. The molecule has 2 aromatic carbocycles. The van der Waals surface area contributed by atoms with Crippen LogP contribution < -0.4 is 0 Å². The summed E-state index contributed by atoms with van der Waals surface area (Å²) < 4.78 is 24.6. The largest absolute Gasteiger partial charge is 0.298 e. The van der Waals surface area contributed by atoms with Gasteiger partial charge in [-0.15, -0.1) is 0 Å². The number of sulfone groups is 1. The van der Waals surface area contributed by atoms with Crippen LogP contribution in [0.25, 0.3) is 0 Å². The summed E-state index contributed by atoms with van der Waals surface area (Å²) in [6.45, 7) is 2.37. The Labute approximate surface area is 126 Å². The molecule has 1 aliphatic rings. The van der Waals surface area contributed by atoms with E-state index in [2.05, 4.69) is 23.1 Å². The molecule has 4 heteroatoms. The lowest BCUT2D eigenvalue weighted by Gasteiger charge is -2.28. The number of benzene rings is 2. The van der Waals surface area contributed by atoms with E-state index in [1.807, 2.05) is 12.1 Å². The summed E-state index contributed by atoms with van der Waals surface area (Å²) in [5, 5.41) is 0. The van der Waals surface area contributed by atoms with Crippen molar-refractivity contribution in [1.82, 2.24) is 4.90 Å². The molecule has 0 aromatic heterocycles. The second kappa shape index (κ2) is 6.00. The lowest BCUT2D eigenvalue weighted by Crippen LogP contribution is -2.34. The van der Waals surface area contributed by atoms with E-state index in [9.17, 15) is 8.42 Å². The van der Waals surface area contributed by atoms with Crippen molar-refractivity contribution >= 4 is 9.84 Å². The molecule has 3 rings (SSSR count). The summed E-state index contributed by atoms with van der Waals surface area (Å²) in [7, 11) is -3.18. The normalized spacial score (nSPS) is 15.6. The van der Waals surface area contributed by atoms with Gasteiger partial charge in [-0.3, -0.25) is 4.90 Å². The van der Waals surface area contributed by atoms with Crippen molar-refractivity contribution in [3.05, 3.63) is 65.7 Å². The molecule has 0 fully saturated rings. The van der Waals surface area contributed by atoms with Gasteiger partial charge in [-0.05, 0) is 29.7 Å². The average Bonchev–Trinajstić information content (AvgIpc) is 2.54. The van der Waals surface area contributed by atoms with Gasteiger partial charge in [0.25, 0.3) is 0 Å². The van der Waals surface area contributed by atoms with Crippen LogP contribution in [-0.4, -0.2) is 32.2 Å². The summed E-state index contributed by atoms with van der Waals surface area (Å²) in [5.41, 5.74) is 2.71. The fraction of sp³-hybridized carbons (Fsp3) is 0.294. The zero-order valence-electron chi connectivity index (χ0n) is 11.9. The number of hydrogen-bond acceptors (Lipinski definition) is 3. The number of hydrogen-bond donors (Lipinski definition) is 0. The van der Waals surface area contributed by atoms with Crippen LogP contribution in [0.4, 0.5) is 0 Å². The van der Waals surface area contributed by atoms with E-state index < -0.39 is 9.84 Å². The van der Waals surface area contributed by atoms with Gasteiger partial charge in [0.05, 0.1) is 10.6 Å². The molecule has 0 saturated carbocycles. The second-order valence-corrected chi connectivity index (χ2v) is 7.54. The van der Waals surface area contributed by atoms with Crippen molar-refractivity contribution in [2.75, 3.05) is 18.8 Å². The Morgan fingerprint density at radius 3 is 2.33 bits per heavy atom. The van der Waals surface area contributed by atoms with Crippen molar-refractivity contribution < 1.29 is 8.42 Å². The second-order valence-electron chi connectivity index (χ2n) is 5.43. The lowest BCUT2D eigenvalue weighted by atomic mass is 10.0. The molecule has 0 aliphatic carbocycles. The average molecular weight is 301 g/mol. The maximum absolute atomic E-state index is 12.3. The Morgan fingerprint density at radius 1 is 0.905 bits per heavy atom. The van der Waals surface area contributed by atoms with Gasteiger partial charge >= 0.3 is 0 Å². The van der Waals surface area contributed by atoms with E-state index in [0.29, 0.717) is 11.4 Å². The lowest BCUT2D eigenvalue weighted by molar-refractivity contribution is 0.269. The van der Waals surface area contributed by atoms with E-state index >= 15 is 0 Å². The molecule has 0 radical (unpaired) electrons. The summed E-state index contributed by atoms with van der Waals surface area (Å²) in [6.07, 6.45) is 1.00. The zero-order chi connectivity index (χ0) is 14.7. The monoisotopic (exact) mass is 301 g/mol. The molecule has 0 atom stereocenters. The van der Waals surface area contributed by atoms with E-state index in [1.54, 1.807) is 24.3 Å². The van der Waals surface area contributed by atoms with Crippen LogP contribution in [-0.2, 0) is 22.8 Å². The molecule has 0 spiro atoms. The van der Waals surface area contributed by atoms with Crippen LogP contribution in [0.5, 0.6) is 0 Å². The maximum atomic E-state index is 12.3. The molecule has 0 N–H and O–H groups in total. The highest BCUT2D eigenvalue weighted by Crippen LogP contribution is 2.19. The standard InChI is InChI=1S/C17H19NO2S/c19-21(20,17-8-2-1-3-9-17)13-12-18-11-10-15-6-4-5-7-16(15)14-18/h1-9H,10-14H2. The molecule has 110 valence electrons. The van der Waals surface area contributed by atoms with Gasteiger partial charge in [-0.1, -0.05) is 42.5 Å². The smallest absolute Gasteiger partial charge is 0.179 e. The summed E-state index contributed by atoms with van der Waals surface area (Å²) >= 11 is 0. The van der Waals surface area contributed by atoms with Gasteiger partial charge in [0, 0.05) is 19.6 Å². The molecule has 0 amide bonds. The molecule has 2 aromatic rings. The van der Waals surface area contributed by atoms with Gasteiger partial charge in [-0.25, -0.2) is 8.42 Å². The minimum Gasteiger partial charge on any atom is -0.298 e. The maximum Gasteiger partial charge on any atom is 0.179 e. The third-order valence-electron chi connectivity index (χ3n) is 3.99. The number of fused-ring (bicyclic) bond motifs is 1. The number of rotatable bonds is 4. The first-order chi connectivity index (χ1) is 10.1. The van der Waals surface area contributed by atoms with Crippen molar-refractivity contribution in [2.45, 2.75) is 17.9 Å². The van der Waals surface area contributed by atoms with Crippen LogP contribution >= 0.6 is 0 Å². The van der Waals surface area contributed by atoms with Crippen LogP contribution in [0.1, 0.15) is 11.1 Å². The Balaban J connectivity index is 1.64. The first kappa shape index (κ1) is 14.3. The zero-order valence-corrected chi connectivity index (χ0v) is 12.7. The minimum atomic E-state index is -3.18. The SMILES string of the molecule is O=S(=O)(CCN1CCc2ccccc2C1)c1ccccc1. The van der Waals surface area contributed by atoms with Crippen LogP contribution in [0.15, 0.2) is 59.5 Å². The molecule has 21 heavy (non-hydrogen) atoms. The molecule has 1 heterocycles. The van der Waals surface area contributed by atoms with Gasteiger partial charge in [0.1, 0.15) is 0 Å². The van der Waals surface area contributed by atoms with Crippen molar-refractivity contribution in [1.29, 1.82) is 0 Å². The van der Waals surface area contributed by atoms with Crippen molar-refractivity contribution in [3.8, 4) is 0 Å². The molecule has 0 unspecified atom stereocenters. The van der Waals surface area contributed by atoms with Crippen molar-refractivity contribution in [3.63, 3.8) is 0 Å². The molecule has 3 nitrogen and oxygen atoms in total. The third kappa shape index (κ3) is 3.34. The Morgan fingerprint density at radius 2 is 1.57 bits per heavy atom. The minimum absolute atomic E-state index is 0.180. The molecule has 1 aliphatic heterocycles. The predicted molar refractivity (Wildman–Crippen MR) is 83.9 cm³/mol. The molecular formula is C17H19NO2S. The quantitative estimate of drug-likeness (QED) is 0.871. The molecule has 0 saturated heterocycles. The third-order valence-corrected chi connectivity index (χ3v) is 5.70. The Bertz CT molecular complexity index is 711. The first-order valence-electron chi connectivity index (χ1n) is 7.22. The van der Waals surface area contributed by atoms with E-state index in [4.69, 9.17) is 0 Å². The first-order valence-corrected chi connectivity index (χ1v) is 8.87. The highest BCUT2D eigenvalue weighted by molar-refractivity contribution is 7.91. The highest BCUT2D eigenvalue weighted by Gasteiger charge is 2.19.